The summed E-state index contributed by atoms with van der Waals surface area (Å²) < 4.78 is 12.3. The molecule has 49 heavy (non-hydrogen) atoms. The number of nitrogens with two attached hydrogens (primary N) is 1. The number of carbonyl (C=O) groups excluding carboxylic acids is 4. The second-order valence-electron chi connectivity index (χ2n) is 12.8. The van der Waals surface area contributed by atoms with Crippen LogP contribution in [0.2, 0.25) is 5.02 Å². The Balaban J connectivity index is 1.34. The van der Waals surface area contributed by atoms with E-state index in [1.54, 1.807) is 6.07 Å². The quantitative estimate of drug-likeness (QED) is 0.158. The average molecular weight is 712 g/mol. The zero-order valence-corrected chi connectivity index (χ0v) is 29.5. The van der Waals surface area contributed by atoms with Crippen molar-refractivity contribution in [1.82, 2.24) is 20.9 Å². The van der Waals surface area contributed by atoms with Crippen molar-refractivity contribution in [3.63, 3.8) is 0 Å². The maximum absolute atomic E-state index is 14.2. The van der Waals surface area contributed by atoms with Crippen molar-refractivity contribution < 1.29 is 28.7 Å². The van der Waals surface area contributed by atoms with Crippen molar-refractivity contribution >= 4 is 56.7 Å². The van der Waals surface area contributed by atoms with Gasteiger partial charge in [0.05, 0.1) is 39.8 Å². The predicted molar refractivity (Wildman–Crippen MR) is 189 cm³/mol. The Kier molecular flexibility index (Phi) is 13.4. The number of nitrogens with zero attached hydrogens (tertiary/aromatic N) is 1. The smallest absolute Gasteiger partial charge is 0.224 e. The van der Waals surface area contributed by atoms with Gasteiger partial charge < -0.3 is 31.2 Å². The van der Waals surface area contributed by atoms with Crippen molar-refractivity contribution in [3.05, 3.63) is 58.1 Å². The third-order valence-electron chi connectivity index (χ3n) is 9.38. The number of unbranched alkanes of at least 4 members (excludes halogenated alkanes) is 1. The number of hydrogen-bond acceptors (Lipinski definition) is 9. The molecule has 11 nitrogen and oxygen atoms in total. The van der Waals surface area contributed by atoms with Crippen molar-refractivity contribution in [2.45, 2.75) is 69.9 Å². The van der Waals surface area contributed by atoms with Gasteiger partial charge in [0.2, 0.25) is 17.7 Å². The highest BCUT2D eigenvalue weighted by atomic mass is 35.5. The van der Waals surface area contributed by atoms with E-state index in [0.29, 0.717) is 68.5 Å². The van der Waals surface area contributed by atoms with Gasteiger partial charge in [0, 0.05) is 62.4 Å². The Morgan fingerprint density at radius 2 is 1.80 bits per heavy atom. The lowest BCUT2D eigenvalue weighted by Gasteiger charge is -2.32. The number of para-hydroxylation sites is 1. The fourth-order valence-electron chi connectivity index (χ4n) is 6.62. The van der Waals surface area contributed by atoms with E-state index in [2.05, 4.69) is 20.9 Å². The summed E-state index contributed by atoms with van der Waals surface area (Å²) in [6.45, 7) is 1.93. The molecule has 0 bridgehead atoms. The monoisotopic (exact) mass is 711 g/mol. The van der Waals surface area contributed by atoms with E-state index in [0.717, 1.165) is 28.0 Å². The molecule has 0 saturated carbocycles. The molecule has 0 radical (unpaired) electrons. The molecule has 3 aromatic rings. The van der Waals surface area contributed by atoms with Gasteiger partial charge in [-0.3, -0.25) is 19.2 Å². The van der Waals surface area contributed by atoms with Gasteiger partial charge in [-0.2, -0.15) is 0 Å². The maximum atomic E-state index is 14.2. The van der Waals surface area contributed by atoms with Crippen molar-refractivity contribution in [2.24, 2.45) is 23.5 Å². The molecule has 4 atom stereocenters. The van der Waals surface area contributed by atoms with Crippen molar-refractivity contribution in [3.8, 4) is 5.75 Å². The second kappa shape index (κ2) is 17.9. The van der Waals surface area contributed by atoms with Crippen LogP contribution in [0.4, 0.5) is 0 Å². The predicted octanol–water partition coefficient (Wildman–Crippen LogP) is 4.50. The number of ketones is 1. The summed E-state index contributed by atoms with van der Waals surface area (Å²) in [5, 5.41) is 10.1. The first kappa shape index (κ1) is 36.7. The van der Waals surface area contributed by atoms with Crippen LogP contribution in [0.5, 0.6) is 5.75 Å². The van der Waals surface area contributed by atoms with Gasteiger partial charge in [-0.1, -0.05) is 36.2 Å². The lowest BCUT2D eigenvalue weighted by Crippen LogP contribution is -2.51. The molecular formula is C36H46ClN5O6S. The SMILES string of the molecule is CNC(=O)C[C@@H](Cc1nc2ccc(Cl)cc2s1)C(=O)N[C@H](C(=O)C[C@@H](CCCCN)C(=O)N[C@@H]1CCOc2ccccc21)C1CCOCC1. The number of rotatable bonds is 16. The number of aromatic nitrogens is 1. The average Bonchev–Trinajstić information content (AvgIpc) is 3.51. The number of thiazole rings is 1. The first-order valence-electron chi connectivity index (χ1n) is 17.1. The van der Waals surface area contributed by atoms with Gasteiger partial charge >= 0.3 is 0 Å². The Bertz CT molecular complexity index is 1610. The normalized spacial score (nSPS) is 18.1. The first-order chi connectivity index (χ1) is 23.7. The molecule has 5 N–H and O–H groups in total. The highest BCUT2D eigenvalue weighted by Gasteiger charge is 2.36. The molecule has 2 aromatic carbocycles. The third kappa shape index (κ3) is 10.00. The molecule has 13 heteroatoms. The van der Waals surface area contributed by atoms with Crippen LogP contribution in [0.3, 0.4) is 0 Å². The first-order valence-corrected chi connectivity index (χ1v) is 18.3. The molecule has 1 saturated heterocycles. The molecule has 0 unspecified atom stereocenters. The standard InChI is InChI=1S/C36H46ClN5O6S/c1-39-32(44)19-24(20-33-40-28-10-9-25(37)21-31(28)49-33)36(46)42-34(22-11-15-47-16-12-22)29(43)18-23(6-4-5-14-38)35(45)41-27-13-17-48-30-8-3-2-7-26(27)30/h2-3,7-10,21-24,27,34H,4-6,11-20,38H2,1H3,(H,39,44)(H,41,45)(H,42,46)/t23-,24+,27-,34+/m1/s1. The fraction of sp³-hybridized carbons (Fsp3) is 0.528. The summed E-state index contributed by atoms with van der Waals surface area (Å²) in [5.74, 6) is -1.85. The molecule has 0 aliphatic carbocycles. The summed E-state index contributed by atoms with van der Waals surface area (Å²) in [6.07, 6.45) is 3.88. The van der Waals surface area contributed by atoms with E-state index < -0.39 is 23.8 Å². The van der Waals surface area contributed by atoms with Gasteiger partial charge in [0.1, 0.15) is 5.75 Å². The van der Waals surface area contributed by atoms with Crippen LogP contribution in [0.25, 0.3) is 10.2 Å². The molecule has 3 amide bonds. The van der Waals surface area contributed by atoms with E-state index in [1.165, 1.54) is 18.4 Å². The van der Waals surface area contributed by atoms with Gasteiger partial charge in [-0.25, -0.2) is 4.98 Å². The number of Topliss-reactive ketones (excluding diaryl/α,β-unsaturated/α-hetero) is 1. The van der Waals surface area contributed by atoms with Gasteiger partial charge in [0.15, 0.2) is 5.78 Å². The number of fused-ring (bicyclic) bond motifs is 2. The van der Waals surface area contributed by atoms with E-state index in [9.17, 15) is 19.2 Å². The van der Waals surface area contributed by atoms with Crippen LogP contribution >= 0.6 is 22.9 Å². The maximum Gasteiger partial charge on any atom is 0.224 e. The molecule has 2 aliphatic heterocycles. The minimum atomic E-state index is -0.827. The van der Waals surface area contributed by atoms with Gasteiger partial charge in [-0.05, 0) is 62.4 Å². The second-order valence-corrected chi connectivity index (χ2v) is 14.4. The Morgan fingerprint density at radius 1 is 1.00 bits per heavy atom. The molecule has 0 spiro atoms. The third-order valence-corrected chi connectivity index (χ3v) is 10.7. The van der Waals surface area contributed by atoms with Crippen molar-refractivity contribution in [2.75, 3.05) is 33.4 Å². The Morgan fingerprint density at radius 3 is 2.57 bits per heavy atom. The summed E-state index contributed by atoms with van der Waals surface area (Å²) in [5.41, 5.74) is 7.46. The molecule has 264 valence electrons. The summed E-state index contributed by atoms with van der Waals surface area (Å²) in [6, 6.07) is 12.0. The van der Waals surface area contributed by atoms with Crippen LogP contribution in [0.1, 0.15) is 68.0 Å². The molecule has 1 aromatic heterocycles. The lowest BCUT2D eigenvalue weighted by molar-refractivity contribution is -0.136. The fourth-order valence-corrected chi connectivity index (χ4v) is 7.94. The van der Waals surface area contributed by atoms with Gasteiger partial charge in [0.25, 0.3) is 0 Å². The Labute approximate surface area is 296 Å². The molecule has 5 rings (SSSR count). The molecular weight excluding hydrogens is 666 g/mol. The minimum absolute atomic E-state index is 0.0255. The van der Waals surface area contributed by atoms with E-state index in [4.69, 9.17) is 26.8 Å². The number of benzene rings is 2. The number of hydrogen-bond donors (Lipinski definition) is 4. The van der Waals surface area contributed by atoms with Gasteiger partial charge in [-0.15, -0.1) is 11.3 Å². The topological polar surface area (TPSA) is 162 Å². The number of halogens is 1. The zero-order valence-electron chi connectivity index (χ0n) is 27.9. The lowest BCUT2D eigenvalue weighted by atomic mass is 9.83. The number of nitrogens with one attached hydrogen (secondary N) is 3. The largest absolute Gasteiger partial charge is 0.493 e. The number of amides is 3. The Hall–Kier alpha value is -3.58. The van der Waals surface area contributed by atoms with Crippen LogP contribution < -0.4 is 26.4 Å². The summed E-state index contributed by atoms with van der Waals surface area (Å²) in [4.78, 5) is 59.3. The number of ether oxygens (including phenoxy) is 2. The van der Waals surface area contributed by atoms with Crippen LogP contribution in [0, 0.1) is 17.8 Å². The molecule has 3 heterocycles. The number of carbonyl (C=O) groups is 4. The van der Waals surface area contributed by atoms with E-state index >= 15 is 0 Å². The summed E-state index contributed by atoms with van der Waals surface area (Å²) >= 11 is 7.60. The van der Waals surface area contributed by atoms with Crippen LogP contribution in [-0.2, 0) is 30.3 Å². The van der Waals surface area contributed by atoms with Crippen LogP contribution in [0.15, 0.2) is 42.5 Å². The minimum Gasteiger partial charge on any atom is -0.493 e. The van der Waals surface area contributed by atoms with E-state index in [-0.39, 0.29) is 48.8 Å². The highest BCUT2D eigenvalue weighted by molar-refractivity contribution is 7.18. The molecule has 2 aliphatic rings. The molecule has 1 fully saturated rings. The van der Waals surface area contributed by atoms with Crippen molar-refractivity contribution in [1.29, 1.82) is 0 Å². The highest BCUT2D eigenvalue weighted by Crippen LogP contribution is 2.33. The van der Waals surface area contributed by atoms with E-state index in [1.807, 2.05) is 36.4 Å². The summed E-state index contributed by atoms with van der Waals surface area (Å²) in [7, 11) is 1.53. The zero-order chi connectivity index (χ0) is 34.8. The van der Waals surface area contributed by atoms with Crippen LogP contribution in [-0.4, -0.2) is 67.9 Å².